The first-order valence-corrected chi connectivity index (χ1v) is 6.19. The third-order valence-corrected chi connectivity index (χ3v) is 3.67. The zero-order valence-electron chi connectivity index (χ0n) is 10.6. The van der Waals surface area contributed by atoms with E-state index < -0.39 is 0 Å². The van der Waals surface area contributed by atoms with Crippen LogP contribution in [-0.4, -0.2) is 23.9 Å². The van der Waals surface area contributed by atoms with E-state index >= 15 is 0 Å². The molecule has 1 aliphatic rings. The number of hydrogen-bond acceptors (Lipinski definition) is 2. The topological polar surface area (TPSA) is 29.5 Å². The van der Waals surface area contributed by atoms with Crippen molar-refractivity contribution in [3.05, 3.63) is 0 Å². The molecule has 0 aromatic carbocycles. The van der Waals surface area contributed by atoms with E-state index in [0.717, 1.165) is 25.7 Å². The first-order valence-electron chi connectivity index (χ1n) is 6.19. The highest BCUT2D eigenvalue weighted by molar-refractivity contribution is 4.76. The number of rotatable bonds is 3. The Labute approximate surface area is 94.0 Å². The van der Waals surface area contributed by atoms with Crippen LogP contribution in [0.4, 0.5) is 0 Å². The lowest BCUT2D eigenvalue weighted by atomic mass is 9.86. The standard InChI is InChI=1S/C13H26O2/c1-10(13(2,3)4)15-12-7-5-11(9-14)6-8-12/h10-12,14H,5-9H2,1-4H3. The van der Waals surface area contributed by atoms with Crippen LogP contribution in [0, 0.1) is 11.3 Å². The Balaban J connectivity index is 2.29. The summed E-state index contributed by atoms with van der Waals surface area (Å²) in [5, 5.41) is 9.05. The molecule has 2 nitrogen and oxygen atoms in total. The van der Waals surface area contributed by atoms with E-state index in [4.69, 9.17) is 9.84 Å². The third-order valence-electron chi connectivity index (χ3n) is 3.67. The van der Waals surface area contributed by atoms with Crippen LogP contribution in [0.3, 0.4) is 0 Å². The lowest BCUT2D eigenvalue weighted by Crippen LogP contribution is -2.33. The van der Waals surface area contributed by atoms with E-state index in [0.29, 0.717) is 24.7 Å². The molecule has 0 bridgehead atoms. The van der Waals surface area contributed by atoms with Crippen molar-refractivity contribution in [1.29, 1.82) is 0 Å². The summed E-state index contributed by atoms with van der Waals surface area (Å²) in [6.45, 7) is 9.17. The van der Waals surface area contributed by atoms with Gasteiger partial charge in [-0.15, -0.1) is 0 Å². The molecule has 0 radical (unpaired) electrons. The van der Waals surface area contributed by atoms with Crippen molar-refractivity contribution in [2.75, 3.05) is 6.61 Å². The molecule has 0 heterocycles. The maximum absolute atomic E-state index is 9.05. The molecular weight excluding hydrogens is 188 g/mol. The quantitative estimate of drug-likeness (QED) is 0.782. The van der Waals surface area contributed by atoms with Crippen LogP contribution in [0.15, 0.2) is 0 Å². The van der Waals surface area contributed by atoms with Crippen LogP contribution in [0.2, 0.25) is 0 Å². The Morgan fingerprint density at radius 1 is 1.20 bits per heavy atom. The van der Waals surface area contributed by atoms with Crippen LogP contribution in [0.5, 0.6) is 0 Å². The fraction of sp³-hybridized carbons (Fsp3) is 1.00. The summed E-state index contributed by atoms with van der Waals surface area (Å²) in [5.41, 5.74) is 0.230. The molecule has 0 aromatic rings. The maximum atomic E-state index is 9.05. The summed E-state index contributed by atoms with van der Waals surface area (Å²) in [5.74, 6) is 0.523. The summed E-state index contributed by atoms with van der Waals surface area (Å²) in [4.78, 5) is 0. The van der Waals surface area contributed by atoms with E-state index in [2.05, 4.69) is 27.7 Å². The summed E-state index contributed by atoms with van der Waals surface area (Å²) in [7, 11) is 0. The summed E-state index contributed by atoms with van der Waals surface area (Å²) in [6.07, 6.45) is 5.21. The largest absolute Gasteiger partial charge is 0.396 e. The molecule has 0 aliphatic heterocycles. The molecule has 0 aromatic heterocycles. The van der Waals surface area contributed by atoms with Gasteiger partial charge in [0.05, 0.1) is 12.2 Å². The van der Waals surface area contributed by atoms with Crippen molar-refractivity contribution in [3.8, 4) is 0 Å². The Kier molecular flexibility index (Phi) is 4.60. The summed E-state index contributed by atoms with van der Waals surface area (Å²) < 4.78 is 6.07. The minimum Gasteiger partial charge on any atom is -0.396 e. The second-order valence-electron chi connectivity index (χ2n) is 5.97. The molecular formula is C13H26O2. The molecule has 1 N–H and O–H groups in total. The van der Waals surface area contributed by atoms with Crippen LogP contribution >= 0.6 is 0 Å². The van der Waals surface area contributed by atoms with Gasteiger partial charge in [0.1, 0.15) is 0 Å². The van der Waals surface area contributed by atoms with E-state index in [1.54, 1.807) is 0 Å². The molecule has 1 rings (SSSR count). The highest BCUT2D eigenvalue weighted by atomic mass is 16.5. The van der Waals surface area contributed by atoms with Crippen molar-refractivity contribution in [1.82, 2.24) is 0 Å². The number of aliphatic hydroxyl groups is 1. The van der Waals surface area contributed by atoms with Gasteiger partial charge < -0.3 is 9.84 Å². The van der Waals surface area contributed by atoms with Gasteiger partial charge in [-0.05, 0) is 43.9 Å². The Morgan fingerprint density at radius 3 is 2.13 bits per heavy atom. The molecule has 1 aliphatic carbocycles. The van der Waals surface area contributed by atoms with Crippen molar-refractivity contribution >= 4 is 0 Å². The minimum atomic E-state index is 0.230. The molecule has 90 valence electrons. The van der Waals surface area contributed by atoms with Gasteiger partial charge in [-0.3, -0.25) is 0 Å². The molecule has 2 heteroatoms. The second kappa shape index (κ2) is 5.31. The predicted octanol–water partition coefficient (Wildman–Crippen LogP) is 2.99. The van der Waals surface area contributed by atoms with E-state index in [1.807, 2.05) is 0 Å². The molecule has 1 fully saturated rings. The number of ether oxygens (including phenoxy) is 1. The maximum Gasteiger partial charge on any atom is 0.0599 e. The minimum absolute atomic E-state index is 0.230. The van der Waals surface area contributed by atoms with Crippen molar-refractivity contribution in [2.45, 2.75) is 65.6 Å². The Hall–Kier alpha value is -0.0800. The van der Waals surface area contributed by atoms with Crippen LogP contribution in [-0.2, 0) is 4.74 Å². The van der Waals surface area contributed by atoms with E-state index in [9.17, 15) is 0 Å². The van der Waals surface area contributed by atoms with Gasteiger partial charge in [0.25, 0.3) is 0 Å². The predicted molar refractivity (Wildman–Crippen MR) is 62.8 cm³/mol. The van der Waals surface area contributed by atoms with Crippen molar-refractivity contribution < 1.29 is 9.84 Å². The zero-order valence-corrected chi connectivity index (χ0v) is 10.6. The third kappa shape index (κ3) is 4.12. The smallest absolute Gasteiger partial charge is 0.0599 e. The second-order valence-corrected chi connectivity index (χ2v) is 5.97. The van der Waals surface area contributed by atoms with Crippen LogP contribution in [0.25, 0.3) is 0 Å². The fourth-order valence-electron chi connectivity index (χ4n) is 1.94. The molecule has 1 atom stereocenters. The van der Waals surface area contributed by atoms with Gasteiger partial charge in [-0.25, -0.2) is 0 Å². The molecule has 0 saturated heterocycles. The Bertz CT molecular complexity index is 175. The number of aliphatic hydroxyl groups excluding tert-OH is 1. The van der Waals surface area contributed by atoms with Gasteiger partial charge in [0.15, 0.2) is 0 Å². The molecule has 0 spiro atoms. The van der Waals surface area contributed by atoms with Gasteiger partial charge in [0, 0.05) is 6.61 Å². The Morgan fingerprint density at radius 2 is 1.73 bits per heavy atom. The summed E-state index contributed by atoms with van der Waals surface area (Å²) in [6, 6.07) is 0. The monoisotopic (exact) mass is 214 g/mol. The summed E-state index contributed by atoms with van der Waals surface area (Å²) >= 11 is 0. The molecule has 1 saturated carbocycles. The highest BCUT2D eigenvalue weighted by Crippen LogP contribution is 2.30. The van der Waals surface area contributed by atoms with Crippen molar-refractivity contribution in [2.24, 2.45) is 11.3 Å². The molecule has 1 unspecified atom stereocenters. The van der Waals surface area contributed by atoms with Gasteiger partial charge in [-0.2, -0.15) is 0 Å². The first kappa shape index (κ1) is 13.0. The van der Waals surface area contributed by atoms with Gasteiger partial charge in [0.2, 0.25) is 0 Å². The highest BCUT2D eigenvalue weighted by Gasteiger charge is 2.27. The average molecular weight is 214 g/mol. The lowest BCUT2D eigenvalue weighted by molar-refractivity contribution is -0.0750. The first-order chi connectivity index (χ1) is 6.93. The van der Waals surface area contributed by atoms with Crippen LogP contribution < -0.4 is 0 Å². The van der Waals surface area contributed by atoms with Crippen molar-refractivity contribution in [3.63, 3.8) is 0 Å². The normalized spacial score (nSPS) is 30.2. The molecule has 0 amide bonds. The van der Waals surface area contributed by atoms with Gasteiger partial charge >= 0.3 is 0 Å². The molecule has 15 heavy (non-hydrogen) atoms. The van der Waals surface area contributed by atoms with Gasteiger partial charge in [-0.1, -0.05) is 20.8 Å². The van der Waals surface area contributed by atoms with Crippen LogP contribution in [0.1, 0.15) is 53.4 Å². The van der Waals surface area contributed by atoms with E-state index in [-0.39, 0.29) is 5.41 Å². The van der Waals surface area contributed by atoms with E-state index in [1.165, 1.54) is 0 Å². The fourth-order valence-corrected chi connectivity index (χ4v) is 1.94. The lowest BCUT2D eigenvalue weighted by Gasteiger charge is -2.34. The zero-order chi connectivity index (χ0) is 11.5. The number of hydrogen-bond donors (Lipinski definition) is 1. The SMILES string of the molecule is CC(OC1CCC(CO)CC1)C(C)(C)C. The average Bonchev–Trinajstić information content (AvgIpc) is 2.17.